The predicted molar refractivity (Wildman–Crippen MR) is 139 cm³/mol. The third-order valence-corrected chi connectivity index (χ3v) is 6.73. The normalized spacial score (nSPS) is 12.5. The molecular formula is C27H28N4O4S. The van der Waals surface area contributed by atoms with Gasteiger partial charge in [0.1, 0.15) is 11.5 Å². The van der Waals surface area contributed by atoms with Crippen LogP contribution in [0.2, 0.25) is 0 Å². The minimum absolute atomic E-state index is 0.130. The van der Waals surface area contributed by atoms with Crippen LogP contribution in [-0.4, -0.2) is 47.0 Å². The van der Waals surface area contributed by atoms with Gasteiger partial charge in [0.25, 0.3) is 0 Å². The van der Waals surface area contributed by atoms with E-state index >= 15 is 0 Å². The van der Waals surface area contributed by atoms with Crippen LogP contribution < -0.4 is 14.8 Å². The molecule has 0 saturated heterocycles. The Labute approximate surface area is 214 Å². The number of aromatic nitrogens is 3. The molecule has 1 heterocycles. The second-order valence-corrected chi connectivity index (χ2v) is 9.18. The summed E-state index contributed by atoms with van der Waals surface area (Å²) in [6, 6.07) is 24.4. The largest absolute Gasteiger partial charge is 0.497 e. The first-order valence-corrected chi connectivity index (χ1v) is 12.3. The Balaban J connectivity index is 1.46. The smallest absolute Gasteiger partial charge is 0.221 e. The van der Waals surface area contributed by atoms with Gasteiger partial charge < -0.3 is 19.9 Å². The van der Waals surface area contributed by atoms with Gasteiger partial charge in [0.2, 0.25) is 11.1 Å². The SMILES string of the molecule is COc1ccc(-c2nc(S[C@@H](CC(=O)NC[C@H](O)c3ccccc3)c3ccc(OC)cc3)n[nH]2)cc1. The number of aliphatic hydroxyl groups is 1. The van der Waals surface area contributed by atoms with Gasteiger partial charge in [-0.1, -0.05) is 54.2 Å². The van der Waals surface area contributed by atoms with E-state index in [-0.39, 0.29) is 24.1 Å². The first kappa shape index (κ1) is 25.3. The van der Waals surface area contributed by atoms with Gasteiger partial charge in [-0.05, 0) is 47.5 Å². The van der Waals surface area contributed by atoms with Crippen molar-refractivity contribution in [2.45, 2.75) is 22.9 Å². The Bertz CT molecular complexity index is 1250. The molecule has 0 radical (unpaired) electrons. The number of aromatic amines is 1. The molecule has 0 bridgehead atoms. The lowest BCUT2D eigenvalue weighted by Gasteiger charge is -2.17. The molecule has 36 heavy (non-hydrogen) atoms. The van der Waals surface area contributed by atoms with Gasteiger partial charge in [0.15, 0.2) is 5.82 Å². The molecule has 186 valence electrons. The topological polar surface area (TPSA) is 109 Å². The Morgan fingerprint density at radius 3 is 2.22 bits per heavy atom. The lowest BCUT2D eigenvalue weighted by molar-refractivity contribution is -0.121. The third-order valence-electron chi connectivity index (χ3n) is 5.61. The summed E-state index contributed by atoms with van der Waals surface area (Å²) in [5.74, 6) is 1.95. The highest BCUT2D eigenvalue weighted by molar-refractivity contribution is 7.99. The highest BCUT2D eigenvalue weighted by Crippen LogP contribution is 2.37. The second-order valence-electron chi connectivity index (χ2n) is 8.01. The van der Waals surface area contributed by atoms with E-state index in [1.54, 1.807) is 14.2 Å². The van der Waals surface area contributed by atoms with Crippen molar-refractivity contribution in [2.24, 2.45) is 0 Å². The maximum atomic E-state index is 12.8. The van der Waals surface area contributed by atoms with Crippen LogP contribution in [0.3, 0.4) is 0 Å². The van der Waals surface area contributed by atoms with Crippen molar-refractivity contribution >= 4 is 17.7 Å². The predicted octanol–water partition coefficient (Wildman–Crippen LogP) is 4.56. The van der Waals surface area contributed by atoms with Gasteiger partial charge in [-0.2, -0.15) is 0 Å². The van der Waals surface area contributed by atoms with E-state index < -0.39 is 6.10 Å². The number of rotatable bonds is 11. The van der Waals surface area contributed by atoms with Crippen LogP contribution in [0.4, 0.5) is 0 Å². The number of methoxy groups -OCH3 is 2. The lowest BCUT2D eigenvalue weighted by Crippen LogP contribution is -2.29. The fraction of sp³-hybridized carbons (Fsp3) is 0.222. The Morgan fingerprint density at radius 2 is 1.58 bits per heavy atom. The number of carbonyl (C=O) groups is 1. The molecule has 3 aromatic carbocycles. The summed E-state index contributed by atoms with van der Waals surface area (Å²) < 4.78 is 10.5. The van der Waals surface area contributed by atoms with Crippen LogP contribution >= 0.6 is 11.8 Å². The quantitative estimate of drug-likeness (QED) is 0.257. The van der Waals surface area contributed by atoms with Gasteiger partial charge in [-0.15, -0.1) is 5.10 Å². The first-order chi connectivity index (χ1) is 17.6. The van der Waals surface area contributed by atoms with Gasteiger partial charge in [-0.25, -0.2) is 4.98 Å². The molecule has 2 atom stereocenters. The third kappa shape index (κ3) is 6.65. The van der Waals surface area contributed by atoms with Crippen LogP contribution in [0, 0.1) is 0 Å². The highest BCUT2D eigenvalue weighted by Gasteiger charge is 2.21. The van der Waals surface area contributed by atoms with Crippen molar-refractivity contribution < 1.29 is 19.4 Å². The summed E-state index contributed by atoms with van der Waals surface area (Å²) in [5.41, 5.74) is 2.57. The van der Waals surface area contributed by atoms with Crippen molar-refractivity contribution in [1.82, 2.24) is 20.5 Å². The molecule has 4 rings (SSSR count). The van der Waals surface area contributed by atoms with Crippen LogP contribution in [0.1, 0.15) is 28.9 Å². The summed E-state index contributed by atoms with van der Waals surface area (Å²) in [4.78, 5) is 17.5. The minimum atomic E-state index is -0.776. The molecule has 0 aliphatic rings. The average Bonchev–Trinajstić information content (AvgIpc) is 3.40. The maximum Gasteiger partial charge on any atom is 0.221 e. The fourth-order valence-electron chi connectivity index (χ4n) is 3.59. The number of nitrogens with zero attached hydrogens (tertiary/aromatic N) is 2. The maximum absolute atomic E-state index is 12.8. The molecule has 0 spiro atoms. The number of hydrogen-bond donors (Lipinski definition) is 3. The summed E-state index contributed by atoms with van der Waals surface area (Å²) in [6.07, 6.45) is -0.590. The van der Waals surface area contributed by atoms with E-state index in [0.29, 0.717) is 11.0 Å². The number of thioether (sulfide) groups is 1. The number of ether oxygens (including phenoxy) is 2. The van der Waals surface area contributed by atoms with Crippen LogP contribution in [-0.2, 0) is 4.79 Å². The molecule has 4 aromatic rings. The molecule has 0 aliphatic heterocycles. The number of H-pyrrole nitrogens is 1. The molecule has 8 nitrogen and oxygen atoms in total. The van der Waals surface area contributed by atoms with Crippen molar-refractivity contribution in [2.75, 3.05) is 20.8 Å². The molecular weight excluding hydrogens is 476 g/mol. The van der Waals surface area contributed by atoms with Crippen LogP contribution in [0.5, 0.6) is 11.5 Å². The molecule has 3 N–H and O–H groups in total. The standard InChI is InChI=1S/C27H28N4O4S/c1-34-21-12-8-19(9-13-21)24(16-25(33)28-17-23(32)18-6-4-3-5-7-18)36-27-29-26(30-31-27)20-10-14-22(35-2)15-11-20/h3-15,23-24,32H,16-17H2,1-2H3,(H,28,33)(H,29,30,31)/t23-,24-/m0/s1. The minimum Gasteiger partial charge on any atom is -0.497 e. The number of carbonyl (C=O) groups excluding carboxylic acids is 1. The number of benzene rings is 3. The summed E-state index contributed by atoms with van der Waals surface area (Å²) >= 11 is 1.40. The number of nitrogens with one attached hydrogen (secondary N) is 2. The molecule has 1 aromatic heterocycles. The number of aliphatic hydroxyl groups excluding tert-OH is 1. The summed E-state index contributed by atoms with van der Waals surface area (Å²) in [5, 5.41) is 20.8. The Kier molecular flexibility index (Phi) is 8.59. The van der Waals surface area contributed by atoms with E-state index in [1.165, 1.54) is 11.8 Å². The second kappa shape index (κ2) is 12.2. The van der Waals surface area contributed by atoms with Crippen molar-refractivity contribution in [1.29, 1.82) is 0 Å². The van der Waals surface area contributed by atoms with Crippen molar-refractivity contribution in [3.05, 3.63) is 90.0 Å². The van der Waals surface area contributed by atoms with E-state index in [2.05, 4.69) is 20.5 Å². The molecule has 0 fully saturated rings. The zero-order chi connectivity index (χ0) is 25.3. The van der Waals surface area contributed by atoms with Gasteiger partial charge in [0.05, 0.1) is 20.3 Å². The van der Waals surface area contributed by atoms with E-state index in [4.69, 9.17) is 9.47 Å². The average molecular weight is 505 g/mol. The highest BCUT2D eigenvalue weighted by atomic mass is 32.2. The summed E-state index contributed by atoms with van der Waals surface area (Å²) in [7, 11) is 3.23. The van der Waals surface area contributed by atoms with E-state index in [0.717, 1.165) is 28.2 Å². The number of amides is 1. The van der Waals surface area contributed by atoms with Crippen molar-refractivity contribution in [3.8, 4) is 22.9 Å². The molecule has 9 heteroatoms. The van der Waals surface area contributed by atoms with E-state index in [9.17, 15) is 9.90 Å². The Morgan fingerprint density at radius 1 is 0.944 bits per heavy atom. The zero-order valence-corrected chi connectivity index (χ0v) is 20.9. The molecule has 0 saturated carbocycles. The first-order valence-electron chi connectivity index (χ1n) is 11.4. The monoisotopic (exact) mass is 504 g/mol. The molecule has 0 unspecified atom stereocenters. The molecule has 0 aliphatic carbocycles. The molecule has 1 amide bonds. The Hall–Kier alpha value is -3.82. The van der Waals surface area contributed by atoms with Crippen molar-refractivity contribution in [3.63, 3.8) is 0 Å². The van der Waals surface area contributed by atoms with Crippen LogP contribution in [0.15, 0.2) is 84.0 Å². The van der Waals surface area contributed by atoms with Gasteiger partial charge in [0, 0.05) is 23.8 Å². The fourth-order valence-corrected chi connectivity index (χ4v) is 4.62. The van der Waals surface area contributed by atoms with Crippen LogP contribution in [0.25, 0.3) is 11.4 Å². The lowest BCUT2D eigenvalue weighted by atomic mass is 10.1. The van der Waals surface area contributed by atoms with Gasteiger partial charge in [-0.3, -0.25) is 9.89 Å². The van der Waals surface area contributed by atoms with E-state index in [1.807, 2.05) is 78.9 Å². The van der Waals surface area contributed by atoms with Gasteiger partial charge >= 0.3 is 0 Å². The number of hydrogen-bond acceptors (Lipinski definition) is 7. The zero-order valence-electron chi connectivity index (χ0n) is 20.0. The summed E-state index contributed by atoms with van der Waals surface area (Å²) in [6.45, 7) is 0.130.